The number of rotatable bonds is 8. The summed E-state index contributed by atoms with van der Waals surface area (Å²) in [6.45, 7) is 1.89. The first-order chi connectivity index (χ1) is 14.3. The number of aryl methyl sites for hydroxylation is 1. The predicted octanol–water partition coefficient (Wildman–Crippen LogP) is 4.21. The van der Waals surface area contributed by atoms with Crippen LogP contribution in [0.15, 0.2) is 6.33 Å². The molecule has 1 N–H and O–H groups in total. The molecule has 178 valence electrons. The van der Waals surface area contributed by atoms with Crippen molar-refractivity contribution in [3.8, 4) is 5.75 Å². The van der Waals surface area contributed by atoms with Gasteiger partial charge >= 0.3 is 21.8 Å². The van der Waals surface area contributed by atoms with Crippen LogP contribution in [0.5, 0.6) is 5.75 Å². The molecule has 14 heteroatoms. The molecule has 1 aliphatic rings. The van der Waals surface area contributed by atoms with E-state index in [1.54, 1.807) is 0 Å². The van der Waals surface area contributed by atoms with Crippen molar-refractivity contribution in [3.63, 3.8) is 0 Å². The van der Waals surface area contributed by atoms with Gasteiger partial charge in [0.1, 0.15) is 6.33 Å². The standard InChI is InChI=1S/C17H23F6N3O4S/c1-3-12-14(29-2)15(25-9-24-12)26-11-6-4-10(5-7-11)8-13(16(18,19)20)30-31(27,28)17(21,22)23/h9-11,13H,3-8H2,1-2H3,(H,24,25,26). The molecule has 0 aromatic carbocycles. The molecule has 0 spiro atoms. The zero-order chi connectivity index (χ0) is 23.4. The van der Waals surface area contributed by atoms with Crippen LogP contribution in [-0.4, -0.2) is 49.3 Å². The summed E-state index contributed by atoms with van der Waals surface area (Å²) in [4.78, 5) is 8.24. The van der Waals surface area contributed by atoms with Crippen LogP contribution in [0.3, 0.4) is 0 Å². The first kappa shape index (κ1) is 25.4. The lowest BCUT2D eigenvalue weighted by Gasteiger charge is -2.32. The zero-order valence-electron chi connectivity index (χ0n) is 16.8. The highest BCUT2D eigenvalue weighted by Crippen LogP contribution is 2.38. The number of nitrogens with one attached hydrogen (secondary N) is 1. The first-order valence-corrected chi connectivity index (χ1v) is 10.9. The summed E-state index contributed by atoms with van der Waals surface area (Å²) in [5.74, 6) is 0.271. The lowest BCUT2D eigenvalue weighted by atomic mass is 9.82. The monoisotopic (exact) mass is 479 g/mol. The molecule has 1 unspecified atom stereocenters. The fourth-order valence-corrected chi connectivity index (χ4v) is 4.06. The van der Waals surface area contributed by atoms with Crippen LogP contribution in [0, 0.1) is 5.92 Å². The van der Waals surface area contributed by atoms with E-state index in [0.717, 1.165) is 0 Å². The number of ether oxygens (including phenoxy) is 1. The summed E-state index contributed by atoms with van der Waals surface area (Å²) in [5, 5.41) is 3.16. The van der Waals surface area contributed by atoms with E-state index < -0.39 is 40.2 Å². The van der Waals surface area contributed by atoms with Crippen LogP contribution in [0.1, 0.15) is 44.7 Å². The van der Waals surface area contributed by atoms with Gasteiger partial charge in [-0.15, -0.1) is 0 Å². The van der Waals surface area contributed by atoms with Crippen molar-refractivity contribution in [1.82, 2.24) is 9.97 Å². The molecule has 2 rings (SSSR count). The minimum absolute atomic E-state index is 0.145. The topological polar surface area (TPSA) is 90.4 Å². The molecule has 1 atom stereocenters. The van der Waals surface area contributed by atoms with E-state index in [4.69, 9.17) is 4.74 Å². The van der Waals surface area contributed by atoms with E-state index in [9.17, 15) is 34.8 Å². The van der Waals surface area contributed by atoms with Gasteiger partial charge in [0.25, 0.3) is 0 Å². The Balaban J connectivity index is 2.00. The average Bonchev–Trinajstić information content (AvgIpc) is 2.67. The molecule has 0 amide bonds. The molecule has 1 fully saturated rings. The molecule has 1 saturated carbocycles. The van der Waals surface area contributed by atoms with Crippen molar-refractivity contribution >= 4 is 15.9 Å². The predicted molar refractivity (Wildman–Crippen MR) is 97.9 cm³/mol. The van der Waals surface area contributed by atoms with Crippen molar-refractivity contribution in [2.24, 2.45) is 5.92 Å². The summed E-state index contributed by atoms with van der Waals surface area (Å²) in [6.07, 6.45) is -5.90. The van der Waals surface area contributed by atoms with Crippen molar-refractivity contribution in [2.75, 3.05) is 12.4 Å². The molecule has 31 heavy (non-hydrogen) atoms. The largest absolute Gasteiger partial charge is 0.523 e. The highest BCUT2D eigenvalue weighted by molar-refractivity contribution is 7.87. The molecular formula is C17H23F6N3O4S. The first-order valence-electron chi connectivity index (χ1n) is 9.49. The summed E-state index contributed by atoms with van der Waals surface area (Å²) in [7, 11) is -4.89. The van der Waals surface area contributed by atoms with E-state index in [2.05, 4.69) is 19.5 Å². The third-order valence-electron chi connectivity index (χ3n) is 5.04. The second-order valence-electron chi connectivity index (χ2n) is 7.18. The molecular weight excluding hydrogens is 456 g/mol. The summed E-state index contributed by atoms with van der Waals surface area (Å²) in [6, 6.07) is -0.145. The molecule has 0 radical (unpaired) electrons. The number of nitrogens with zero attached hydrogens (tertiary/aromatic N) is 2. The second kappa shape index (κ2) is 9.76. The Kier molecular flexibility index (Phi) is 8.00. The number of hydrogen-bond donors (Lipinski definition) is 1. The minimum Gasteiger partial charge on any atom is -0.491 e. The number of alkyl halides is 6. The fourth-order valence-electron chi connectivity index (χ4n) is 3.45. The quantitative estimate of drug-likeness (QED) is 0.339. The molecule has 7 nitrogen and oxygen atoms in total. The highest BCUT2D eigenvalue weighted by Gasteiger charge is 2.53. The molecule has 0 aliphatic heterocycles. The number of anilines is 1. The maximum absolute atomic E-state index is 13.1. The second-order valence-corrected chi connectivity index (χ2v) is 8.74. The van der Waals surface area contributed by atoms with Crippen molar-refractivity contribution in [1.29, 1.82) is 0 Å². The van der Waals surface area contributed by atoms with Crippen LogP contribution >= 0.6 is 0 Å². The van der Waals surface area contributed by atoms with Crippen molar-refractivity contribution in [2.45, 2.75) is 69.3 Å². The van der Waals surface area contributed by atoms with Crippen LogP contribution in [0.25, 0.3) is 0 Å². The SMILES string of the molecule is CCc1ncnc(NC2CCC(CC(OS(=O)(=O)C(F)(F)F)C(F)(F)F)CC2)c1OC. The third kappa shape index (κ3) is 6.57. The van der Waals surface area contributed by atoms with Gasteiger partial charge in [0.15, 0.2) is 17.7 Å². The van der Waals surface area contributed by atoms with Gasteiger partial charge in [0.05, 0.1) is 12.8 Å². The van der Waals surface area contributed by atoms with Crippen LogP contribution < -0.4 is 10.1 Å². The van der Waals surface area contributed by atoms with Crippen LogP contribution in [-0.2, 0) is 20.7 Å². The number of hydrogen-bond acceptors (Lipinski definition) is 7. The Morgan fingerprint density at radius 1 is 1.13 bits per heavy atom. The van der Waals surface area contributed by atoms with Gasteiger partial charge in [-0.05, 0) is 44.4 Å². The summed E-state index contributed by atoms with van der Waals surface area (Å²) >= 11 is 0. The lowest BCUT2D eigenvalue weighted by molar-refractivity contribution is -0.202. The number of halogens is 6. The summed E-state index contributed by atoms with van der Waals surface area (Å²) < 4.78 is 108. The molecule has 1 aromatic rings. The zero-order valence-corrected chi connectivity index (χ0v) is 17.6. The fraction of sp³-hybridized carbons (Fsp3) is 0.765. The van der Waals surface area contributed by atoms with Gasteiger partial charge in [-0.1, -0.05) is 6.92 Å². The molecule has 0 bridgehead atoms. The number of methoxy groups -OCH3 is 1. The van der Waals surface area contributed by atoms with Gasteiger partial charge < -0.3 is 10.1 Å². The van der Waals surface area contributed by atoms with Crippen LogP contribution in [0.2, 0.25) is 0 Å². The van der Waals surface area contributed by atoms with Crippen molar-refractivity contribution in [3.05, 3.63) is 12.0 Å². The van der Waals surface area contributed by atoms with E-state index in [0.29, 0.717) is 36.5 Å². The molecule has 0 saturated heterocycles. The van der Waals surface area contributed by atoms with Crippen LogP contribution in [0.4, 0.5) is 32.2 Å². The van der Waals surface area contributed by atoms with E-state index in [-0.39, 0.29) is 18.9 Å². The van der Waals surface area contributed by atoms with Gasteiger partial charge in [-0.25, -0.2) is 9.97 Å². The van der Waals surface area contributed by atoms with Gasteiger partial charge in [0.2, 0.25) is 0 Å². The molecule has 1 aromatic heterocycles. The van der Waals surface area contributed by atoms with E-state index in [1.165, 1.54) is 13.4 Å². The molecule has 1 heterocycles. The Morgan fingerprint density at radius 3 is 2.23 bits per heavy atom. The molecule has 1 aliphatic carbocycles. The third-order valence-corrected chi connectivity index (χ3v) is 6.10. The number of aromatic nitrogens is 2. The highest BCUT2D eigenvalue weighted by atomic mass is 32.2. The smallest absolute Gasteiger partial charge is 0.491 e. The summed E-state index contributed by atoms with van der Waals surface area (Å²) in [5.41, 5.74) is -5.24. The normalized spacial score (nSPS) is 21.5. The van der Waals surface area contributed by atoms with Gasteiger partial charge in [-0.3, -0.25) is 4.18 Å². The van der Waals surface area contributed by atoms with Gasteiger partial charge in [0, 0.05) is 6.04 Å². The maximum Gasteiger partial charge on any atom is 0.523 e. The Bertz CT molecular complexity index is 839. The Hall–Kier alpha value is -1.83. The van der Waals surface area contributed by atoms with E-state index >= 15 is 0 Å². The lowest BCUT2D eigenvalue weighted by Crippen LogP contribution is -2.40. The van der Waals surface area contributed by atoms with Gasteiger partial charge in [-0.2, -0.15) is 34.8 Å². The minimum atomic E-state index is -6.36. The Labute approximate surface area is 175 Å². The average molecular weight is 479 g/mol. The maximum atomic E-state index is 13.1. The Morgan fingerprint density at radius 2 is 1.74 bits per heavy atom. The van der Waals surface area contributed by atoms with E-state index in [1.807, 2.05) is 6.92 Å². The van der Waals surface area contributed by atoms with Crippen molar-refractivity contribution < 1.29 is 43.7 Å².